The van der Waals surface area contributed by atoms with E-state index in [2.05, 4.69) is 32.1 Å². The molecule has 8 heteroatoms. The third kappa shape index (κ3) is 3.20. The number of hydrogen-bond donors (Lipinski definition) is 1. The first-order valence-electron chi connectivity index (χ1n) is 9.82. The number of hydrogen-bond acceptors (Lipinski definition) is 6. The van der Waals surface area contributed by atoms with Gasteiger partial charge in [-0.3, -0.25) is 4.68 Å². The van der Waals surface area contributed by atoms with Crippen LogP contribution in [0.2, 0.25) is 0 Å². The SMILES string of the molecule is COc1cnc(N2CCC(c3nc4ccccc4[nH]3)CC2)nc1-c1ccnn1C. The number of fused-ring (bicyclic) bond motifs is 1. The molecule has 1 aliphatic heterocycles. The normalized spacial score (nSPS) is 15.2. The molecule has 5 rings (SSSR count). The molecule has 3 aromatic heterocycles. The van der Waals surface area contributed by atoms with Crippen LogP contribution in [0, 0.1) is 0 Å². The van der Waals surface area contributed by atoms with E-state index < -0.39 is 0 Å². The number of nitrogens with one attached hydrogen (secondary N) is 1. The lowest BCUT2D eigenvalue weighted by atomic mass is 9.96. The van der Waals surface area contributed by atoms with Gasteiger partial charge in [0.05, 0.1) is 30.0 Å². The van der Waals surface area contributed by atoms with E-state index in [0.717, 1.165) is 60.1 Å². The number of aromatic amines is 1. The van der Waals surface area contributed by atoms with Crippen molar-refractivity contribution >= 4 is 17.0 Å². The van der Waals surface area contributed by atoms with E-state index in [1.54, 1.807) is 24.2 Å². The van der Waals surface area contributed by atoms with Gasteiger partial charge in [0.2, 0.25) is 5.95 Å². The number of aromatic nitrogens is 6. The minimum absolute atomic E-state index is 0.424. The van der Waals surface area contributed by atoms with E-state index in [9.17, 15) is 0 Å². The highest BCUT2D eigenvalue weighted by Gasteiger charge is 2.25. The molecule has 148 valence electrons. The Hall–Kier alpha value is -3.42. The zero-order valence-corrected chi connectivity index (χ0v) is 16.5. The third-order valence-corrected chi connectivity index (χ3v) is 5.60. The summed E-state index contributed by atoms with van der Waals surface area (Å²) in [6.07, 6.45) is 5.53. The number of nitrogens with zero attached hydrogens (tertiary/aromatic N) is 6. The fraction of sp³-hybridized carbons (Fsp3) is 0.333. The van der Waals surface area contributed by atoms with Crippen molar-refractivity contribution in [2.75, 3.05) is 25.1 Å². The Labute approximate surface area is 168 Å². The fourth-order valence-electron chi connectivity index (χ4n) is 3.97. The first-order chi connectivity index (χ1) is 14.2. The van der Waals surface area contributed by atoms with Gasteiger partial charge in [-0.25, -0.2) is 15.0 Å². The fourth-order valence-corrected chi connectivity index (χ4v) is 3.97. The number of piperidine rings is 1. The van der Waals surface area contributed by atoms with Gasteiger partial charge in [0.1, 0.15) is 11.5 Å². The van der Waals surface area contributed by atoms with E-state index in [-0.39, 0.29) is 0 Å². The summed E-state index contributed by atoms with van der Waals surface area (Å²) in [6.45, 7) is 1.78. The second kappa shape index (κ2) is 7.20. The molecule has 29 heavy (non-hydrogen) atoms. The molecule has 0 bridgehead atoms. The highest BCUT2D eigenvalue weighted by Crippen LogP contribution is 2.32. The van der Waals surface area contributed by atoms with Crippen molar-refractivity contribution in [3.05, 3.63) is 48.5 Å². The summed E-state index contributed by atoms with van der Waals surface area (Å²) in [7, 11) is 3.53. The number of ether oxygens (including phenoxy) is 1. The predicted molar refractivity (Wildman–Crippen MR) is 111 cm³/mol. The monoisotopic (exact) mass is 389 g/mol. The standard InChI is InChI=1S/C21H23N7O/c1-27-17(7-10-23-27)19-18(29-2)13-22-21(26-19)28-11-8-14(9-12-28)20-24-15-5-3-4-6-16(15)25-20/h3-7,10,13-14H,8-9,11-12H2,1-2H3,(H,24,25). The summed E-state index contributed by atoms with van der Waals surface area (Å²) in [5, 5.41) is 4.25. The molecule has 1 aliphatic rings. The summed E-state index contributed by atoms with van der Waals surface area (Å²) in [5.41, 5.74) is 3.80. The van der Waals surface area contributed by atoms with Gasteiger partial charge in [-0.15, -0.1) is 0 Å². The molecule has 4 aromatic rings. The van der Waals surface area contributed by atoms with E-state index in [0.29, 0.717) is 11.7 Å². The molecule has 0 atom stereocenters. The van der Waals surface area contributed by atoms with Crippen molar-refractivity contribution in [1.82, 2.24) is 29.7 Å². The number of para-hydroxylation sites is 2. The number of H-pyrrole nitrogens is 1. The molecule has 0 spiro atoms. The zero-order valence-electron chi connectivity index (χ0n) is 16.5. The van der Waals surface area contributed by atoms with Gasteiger partial charge in [0.25, 0.3) is 0 Å². The quantitative estimate of drug-likeness (QED) is 0.577. The Morgan fingerprint density at radius 1 is 1.10 bits per heavy atom. The minimum atomic E-state index is 0.424. The summed E-state index contributed by atoms with van der Waals surface area (Å²) in [6, 6.07) is 10.1. The van der Waals surface area contributed by atoms with Crippen molar-refractivity contribution in [3.8, 4) is 17.1 Å². The predicted octanol–water partition coefficient (Wildman–Crippen LogP) is 3.15. The van der Waals surface area contributed by atoms with E-state index in [4.69, 9.17) is 14.7 Å². The lowest BCUT2D eigenvalue weighted by Gasteiger charge is -2.31. The average molecular weight is 389 g/mol. The maximum atomic E-state index is 5.47. The van der Waals surface area contributed by atoms with Crippen molar-refractivity contribution in [2.45, 2.75) is 18.8 Å². The maximum absolute atomic E-state index is 5.47. The Morgan fingerprint density at radius 2 is 1.93 bits per heavy atom. The second-order valence-corrected chi connectivity index (χ2v) is 7.33. The van der Waals surface area contributed by atoms with Crippen LogP contribution in [-0.2, 0) is 7.05 Å². The van der Waals surface area contributed by atoms with Gasteiger partial charge in [-0.2, -0.15) is 5.10 Å². The van der Waals surface area contributed by atoms with Gasteiger partial charge in [-0.05, 0) is 31.0 Å². The van der Waals surface area contributed by atoms with Gasteiger partial charge in [0.15, 0.2) is 5.75 Å². The molecule has 1 N–H and O–H groups in total. The van der Waals surface area contributed by atoms with Crippen LogP contribution < -0.4 is 9.64 Å². The van der Waals surface area contributed by atoms with Crippen molar-refractivity contribution in [1.29, 1.82) is 0 Å². The summed E-state index contributed by atoms with van der Waals surface area (Å²) in [5.74, 6) is 2.88. The highest BCUT2D eigenvalue weighted by atomic mass is 16.5. The van der Waals surface area contributed by atoms with Crippen LogP contribution in [0.15, 0.2) is 42.7 Å². The molecule has 1 fully saturated rings. The molecule has 0 unspecified atom stereocenters. The van der Waals surface area contributed by atoms with Crippen molar-refractivity contribution in [2.24, 2.45) is 7.05 Å². The molecule has 1 saturated heterocycles. The van der Waals surface area contributed by atoms with Gasteiger partial charge >= 0.3 is 0 Å². The lowest BCUT2D eigenvalue weighted by molar-refractivity contribution is 0.411. The first kappa shape index (κ1) is 17.7. The van der Waals surface area contributed by atoms with Crippen LogP contribution in [0.1, 0.15) is 24.6 Å². The van der Waals surface area contributed by atoms with Crippen molar-refractivity contribution < 1.29 is 4.74 Å². The minimum Gasteiger partial charge on any atom is -0.493 e. The van der Waals surface area contributed by atoms with E-state index in [1.165, 1.54) is 0 Å². The number of anilines is 1. The van der Waals surface area contributed by atoms with E-state index >= 15 is 0 Å². The molecule has 0 amide bonds. The number of rotatable bonds is 4. The molecule has 0 saturated carbocycles. The maximum Gasteiger partial charge on any atom is 0.226 e. The molecular formula is C21H23N7O. The van der Waals surface area contributed by atoms with Crippen LogP contribution in [0.3, 0.4) is 0 Å². The number of imidazole rings is 1. The number of benzene rings is 1. The van der Waals surface area contributed by atoms with E-state index in [1.807, 2.05) is 25.2 Å². The zero-order chi connectivity index (χ0) is 19.8. The molecule has 0 aliphatic carbocycles. The molecular weight excluding hydrogens is 366 g/mol. The number of aryl methyl sites for hydroxylation is 1. The molecule has 4 heterocycles. The summed E-state index contributed by atoms with van der Waals surface area (Å²) in [4.78, 5) is 19.9. The largest absolute Gasteiger partial charge is 0.493 e. The van der Waals surface area contributed by atoms with Crippen LogP contribution in [-0.4, -0.2) is 49.9 Å². The van der Waals surface area contributed by atoms with Crippen LogP contribution in [0.25, 0.3) is 22.4 Å². The van der Waals surface area contributed by atoms with Gasteiger partial charge in [0, 0.05) is 32.3 Å². The topological polar surface area (TPSA) is 84.8 Å². The average Bonchev–Trinajstić information content (AvgIpc) is 3.39. The summed E-state index contributed by atoms with van der Waals surface area (Å²) >= 11 is 0. The number of methoxy groups -OCH3 is 1. The Kier molecular flexibility index (Phi) is 4.38. The second-order valence-electron chi connectivity index (χ2n) is 7.33. The molecule has 8 nitrogen and oxygen atoms in total. The molecule has 0 radical (unpaired) electrons. The van der Waals surface area contributed by atoms with Crippen molar-refractivity contribution in [3.63, 3.8) is 0 Å². The Balaban J connectivity index is 1.36. The summed E-state index contributed by atoms with van der Waals surface area (Å²) < 4.78 is 7.27. The van der Waals surface area contributed by atoms with Crippen LogP contribution >= 0.6 is 0 Å². The van der Waals surface area contributed by atoms with Gasteiger partial charge in [-0.1, -0.05) is 12.1 Å². The first-order valence-corrected chi connectivity index (χ1v) is 9.82. The smallest absolute Gasteiger partial charge is 0.226 e. The third-order valence-electron chi connectivity index (χ3n) is 5.60. The lowest BCUT2D eigenvalue weighted by Crippen LogP contribution is -2.34. The highest BCUT2D eigenvalue weighted by molar-refractivity contribution is 5.74. The van der Waals surface area contributed by atoms with Gasteiger partial charge < -0.3 is 14.6 Å². The van der Waals surface area contributed by atoms with Crippen LogP contribution in [0.4, 0.5) is 5.95 Å². The van der Waals surface area contributed by atoms with Crippen LogP contribution in [0.5, 0.6) is 5.75 Å². The Bertz CT molecular complexity index is 1110. The Morgan fingerprint density at radius 3 is 2.66 bits per heavy atom. The molecule has 1 aromatic carbocycles.